The predicted octanol–water partition coefficient (Wildman–Crippen LogP) is 1.50. The summed E-state index contributed by atoms with van der Waals surface area (Å²) < 4.78 is 0. The Kier molecular flexibility index (Phi) is 4.02. The Morgan fingerprint density at radius 1 is 1.11 bits per heavy atom. The first kappa shape index (κ1) is 8.41. The van der Waals surface area contributed by atoms with Crippen LogP contribution in [0.25, 0.3) is 0 Å². The van der Waals surface area contributed by atoms with Crippen LogP contribution >= 0.6 is 0 Å². The van der Waals surface area contributed by atoms with E-state index in [9.17, 15) is 4.79 Å². The zero-order chi connectivity index (χ0) is 5.82. The van der Waals surface area contributed by atoms with Gasteiger partial charge in [0.1, 0.15) is 6.29 Å². The van der Waals surface area contributed by atoms with Crippen molar-refractivity contribution in [2.45, 2.75) is 0 Å². The van der Waals surface area contributed by atoms with Gasteiger partial charge in [-0.2, -0.15) is 0 Å². The Balaban J connectivity index is 0.000000640. The Bertz CT molecular complexity index is 172. The fraction of sp³-hybridized carbons (Fsp3) is 0. The van der Waals surface area contributed by atoms with E-state index in [1.54, 1.807) is 12.1 Å². The smallest absolute Gasteiger partial charge is 0.150 e. The van der Waals surface area contributed by atoms with Gasteiger partial charge in [0.05, 0.1) is 0 Å². The maximum absolute atomic E-state index is 10.0. The SMILES string of the molecule is O=Cc1ccccc1.[Mn]. The Morgan fingerprint density at radius 2 is 1.67 bits per heavy atom. The molecule has 1 nitrogen and oxygen atoms in total. The van der Waals surface area contributed by atoms with E-state index in [1.807, 2.05) is 18.2 Å². The van der Waals surface area contributed by atoms with Crippen molar-refractivity contribution in [3.63, 3.8) is 0 Å². The minimum atomic E-state index is 0. The molecule has 1 radical (unpaired) electrons. The third-order valence-corrected chi connectivity index (χ3v) is 0.936. The van der Waals surface area contributed by atoms with E-state index in [1.165, 1.54) is 0 Å². The van der Waals surface area contributed by atoms with Crippen LogP contribution < -0.4 is 0 Å². The van der Waals surface area contributed by atoms with Crippen LogP contribution in [-0.2, 0) is 17.1 Å². The molecule has 0 amide bonds. The molecule has 0 spiro atoms. The van der Waals surface area contributed by atoms with Crippen LogP contribution in [0.15, 0.2) is 30.3 Å². The van der Waals surface area contributed by atoms with E-state index in [0.29, 0.717) is 0 Å². The van der Waals surface area contributed by atoms with Crippen LogP contribution in [0.3, 0.4) is 0 Å². The molecule has 0 N–H and O–H groups in total. The summed E-state index contributed by atoms with van der Waals surface area (Å²) in [6.07, 6.45) is 0.833. The third-order valence-electron chi connectivity index (χ3n) is 0.936. The Labute approximate surface area is 64.6 Å². The number of benzene rings is 1. The molecule has 0 bridgehead atoms. The van der Waals surface area contributed by atoms with Crippen molar-refractivity contribution in [2.24, 2.45) is 0 Å². The summed E-state index contributed by atoms with van der Waals surface area (Å²) in [6, 6.07) is 9.10. The predicted molar refractivity (Wildman–Crippen MR) is 31.8 cm³/mol. The van der Waals surface area contributed by atoms with Crippen molar-refractivity contribution in [1.29, 1.82) is 0 Å². The molecule has 0 atom stereocenters. The fourth-order valence-corrected chi connectivity index (χ4v) is 0.532. The molecule has 0 aliphatic heterocycles. The molecule has 0 fully saturated rings. The number of rotatable bonds is 1. The van der Waals surface area contributed by atoms with E-state index < -0.39 is 0 Å². The fourth-order valence-electron chi connectivity index (χ4n) is 0.532. The Morgan fingerprint density at radius 3 is 2.00 bits per heavy atom. The van der Waals surface area contributed by atoms with Crippen LogP contribution in [0.2, 0.25) is 0 Å². The molecule has 0 saturated heterocycles. The van der Waals surface area contributed by atoms with Crippen LogP contribution in [0.4, 0.5) is 0 Å². The van der Waals surface area contributed by atoms with Gasteiger partial charge in [0.2, 0.25) is 0 Å². The largest absolute Gasteiger partial charge is 0.298 e. The maximum Gasteiger partial charge on any atom is 0.150 e. The number of hydrogen-bond acceptors (Lipinski definition) is 1. The van der Waals surface area contributed by atoms with Crippen molar-refractivity contribution in [3.05, 3.63) is 35.9 Å². The van der Waals surface area contributed by atoms with Crippen LogP contribution in [0.5, 0.6) is 0 Å². The molecule has 2 heteroatoms. The van der Waals surface area contributed by atoms with E-state index in [4.69, 9.17) is 0 Å². The Hall–Kier alpha value is -0.591. The van der Waals surface area contributed by atoms with Crippen molar-refractivity contribution < 1.29 is 21.9 Å². The molecular weight excluding hydrogens is 155 g/mol. The summed E-state index contributed by atoms with van der Waals surface area (Å²) in [7, 11) is 0. The maximum atomic E-state index is 10.0. The molecule has 1 aromatic rings. The zero-order valence-corrected chi connectivity index (χ0v) is 5.93. The quantitative estimate of drug-likeness (QED) is 0.450. The molecule has 0 aliphatic carbocycles. The molecule has 1 aromatic carbocycles. The number of carbonyl (C=O) groups is 1. The summed E-state index contributed by atoms with van der Waals surface area (Å²) in [5, 5.41) is 0. The average Bonchev–Trinajstić information content (AvgIpc) is 1.90. The van der Waals surface area contributed by atoms with E-state index in [2.05, 4.69) is 0 Å². The first-order chi connectivity index (χ1) is 3.93. The summed E-state index contributed by atoms with van der Waals surface area (Å²) >= 11 is 0. The summed E-state index contributed by atoms with van der Waals surface area (Å²) in [5.74, 6) is 0. The summed E-state index contributed by atoms with van der Waals surface area (Å²) in [4.78, 5) is 10.0. The van der Waals surface area contributed by atoms with Crippen LogP contribution in [0, 0.1) is 0 Å². The minimum Gasteiger partial charge on any atom is -0.298 e. The van der Waals surface area contributed by atoms with Crippen molar-refractivity contribution in [3.8, 4) is 0 Å². The number of hydrogen-bond donors (Lipinski definition) is 0. The van der Waals surface area contributed by atoms with Gasteiger partial charge >= 0.3 is 0 Å². The topological polar surface area (TPSA) is 17.1 Å². The van der Waals surface area contributed by atoms with Gasteiger partial charge in [0.25, 0.3) is 0 Å². The van der Waals surface area contributed by atoms with Gasteiger partial charge in [0.15, 0.2) is 0 Å². The second-order valence-electron chi connectivity index (χ2n) is 1.53. The second-order valence-corrected chi connectivity index (χ2v) is 1.53. The number of aldehydes is 1. The molecule has 1 rings (SSSR count). The van der Waals surface area contributed by atoms with Crippen LogP contribution in [0.1, 0.15) is 10.4 Å². The van der Waals surface area contributed by atoms with Gasteiger partial charge < -0.3 is 0 Å². The number of carbonyl (C=O) groups excluding carboxylic acids is 1. The standard InChI is InChI=1S/C7H6O.Mn/c8-6-7-4-2-1-3-5-7;/h1-6H;. The molecular formula is C7H6MnO. The van der Waals surface area contributed by atoms with Crippen molar-refractivity contribution in [1.82, 2.24) is 0 Å². The summed E-state index contributed by atoms with van der Waals surface area (Å²) in [6.45, 7) is 0. The molecule has 47 valence electrons. The summed E-state index contributed by atoms with van der Waals surface area (Å²) in [5.41, 5.74) is 0.729. The normalized spacial score (nSPS) is 7.56. The molecule has 9 heavy (non-hydrogen) atoms. The van der Waals surface area contributed by atoms with Gasteiger partial charge in [-0.3, -0.25) is 4.79 Å². The molecule has 0 unspecified atom stereocenters. The van der Waals surface area contributed by atoms with E-state index in [0.717, 1.165) is 11.8 Å². The van der Waals surface area contributed by atoms with Gasteiger partial charge in [-0.15, -0.1) is 0 Å². The van der Waals surface area contributed by atoms with Gasteiger partial charge in [0, 0.05) is 22.6 Å². The average molecular weight is 161 g/mol. The zero-order valence-electron chi connectivity index (χ0n) is 4.75. The van der Waals surface area contributed by atoms with E-state index >= 15 is 0 Å². The monoisotopic (exact) mass is 161 g/mol. The van der Waals surface area contributed by atoms with Crippen molar-refractivity contribution in [2.75, 3.05) is 0 Å². The molecule has 0 aromatic heterocycles. The molecule has 0 saturated carbocycles. The van der Waals surface area contributed by atoms with Gasteiger partial charge in [-0.05, 0) is 0 Å². The van der Waals surface area contributed by atoms with E-state index in [-0.39, 0.29) is 17.1 Å². The second kappa shape index (κ2) is 4.30. The minimum absolute atomic E-state index is 0. The third kappa shape index (κ3) is 2.45. The first-order valence-corrected chi connectivity index (χ1v) is 2.44. The first-order valence-electron chi connectivity index (χ1n) is 2.44. The van der Waals surface area contributed by atoms with Crippen molar-refractivity contribution >= 4 is 6.29 Å². The van der Waals surface area contributed by atoms with Gasteiger partial charge in [-0.25, -0.2) is 0 Å². The van der Waals surface area contributed by atoms with Gasteiger partial charge in [-0.1, -0.05) is 30.3 Å². The molecule has 0 heterocycles. The molecule has 0 aliphatic rings. The van der Waals surface area contributed by atoms with Crippen LogP contribution in [-0.4, -0.2) is 6.29 Å².